The standard InChI is InChI=1S/C23H18NP/c1-3-11-20(12-4-1)25(21-13-5-2-6-14-21)23-16-8-7-15-22(23)19-10-9-17-24-18-19/h1-18H. The van der Waals surface area contributed by atoms with Crippen molar-refractivity contribution in [1.82, 2.24) is 4.98 Å². The van der Waals surface area contributed by atoms with Crippen LogP contribution in [0.2, 0.25) is 0 Å². The fourth-order valence-corrected chi connectivity index (χ4v) is 5.49. The third kappa shape index (κ3) is 3.38. The predicted molar refractivity (Wildman–Crippen MR) is 108 cm³/mol. The van der Waals surface area contributed by atoms with Crippen LogP contribution in [0.25, 0.3) is 11.1 Å². The normalized spacial score (nSPS) is 10.8. The van der Waals surface area contributed by atoms with E-state index in [4.69, 9.17) is 0 Å². The molecular weight excluding hydrogens is 321 g/mol. The van der Waals surface area contributed by atoms with Crippen LogP contribution in [0, 0.1) is 0 Å². The summed E-state index contributed by atoms with van der Waals surface area (Å²) in [6, 6.07) is 34.4. The van der Waals surface area contributed by atoms with Crippen molar-refractivity contribution in [3.63, 3.8) is 0 Å². The van der Waals surface area contributed by atoms with E-state index in [1.807, 2.05) is 18.5 Å². The van der Waals surface area contributed by atoms with Gasteiger partial charge in [-0.25, -0.2) is 0 Å². The third-order valence-electron chi connectivity index (χ3n) is 4.15. The second-order valence-corrected chi connectivity index (χ2v) is 7.95. The predicted octanol–water partition coefficient (Wildman–Crippen LogP) is 4.51. The molecule has 0 saturated heterocycles. The maximum Gasteiger partial charge on any atom is 0.0346 e. The summed E-state index contributed by atoms with van der Waals surface area (Å²) in [7, 11) is -0.618. The number of pyridine rings is 1. The van der Waals surface area contributed by atoms with Gasteiger partial charge in [0.25, 0.3) is 0 Å². The van der Waals surface area contributed by atoms with Crippen LogP contribution in [-0.2, 0) is 0 Å². The van der Waals surface area contributed by atoms with E-state index in [0.29, 0.717) is 0 Å². The second kappa shape index (κ2) is 7.42. The second-order valence-electron chi connectivity index (χ2n) is 5.77. The van der Waals surface area contributed by atoms with Gasteiger partial charge < -0.3 is 0 Å². The minimum Gasteiger partial charge on any atom is -0.264 e. The van der Waals surface area contributed by atoms with Gasteiger partial charge in [0, 0.05) is 18.0 Å². The Morgan fingerprint density at radius 1 is 0.560 bits per heavy atom. The van der Waals surface area contributed by atoms with Gasteiger partial charge >= 0.3 is 0 Å². The average Bonchev–Trinajstić information content (AvgIpc) is 2.71. The van der Waals surface area contributed by atoms with Gasteiger partial charge in [-0.2, -0.15) is 0 Å². The highest BCUT2D eigenvalue weighted by molar-refractivity contribution is 7.80. The quantitative estimate of drug-likeness (QED) is 0.499. The van der Waals surface area contributed by atoms with E-state index in [1.54, 1.807) is 0 Å². The van der Waals surface area contributed by atoms with Gasteiger partial charge in [-0.1, -0.05) is 91.0 Å². The largest absolute Gasteiger partial charge is 0.264 e. The van der Waals surface area contributed by atoms with Gasteiger partial charge in [0.1, 0.15) is 0 Å². The van der Waals surface area contributed by atoms with Crippen LogP contribution in [0.1, 0.15) is 0 Å². The zero-order chi connectivity index (χ0) is 16.9. The monoisotopic (exact) mass is 339 g/mol. The van der Waals surface area contributed by atoms with Gasteiger partial charge in [-0.05, 0) is 35.5 Å². The molecule has 2 heteroatoms. The molecule has 0 amide bonds. The van der Waals surface area contributed by atoms with E-state index >= 15 is 0 Å². The first kappa shape index (κ1) is 15.7. The lowest BCUT2D eigenvalue weighted by atomic mass is 10.1. The van der Waals surface area contributed by atoms with Crippen molar-refractivity contribution in [1.29, 1.82) is 0 Å². The maximum absolute atomic E-state index is 4.31. The van der Waals surface area contributed by atoms with Crippen molar-refractivity contribution >= 4 is 23.8 Å². The Morgan fingerprint density at radius 3 is 1.76 bits per heavy atom. The molecule has 25 heavy (non-hydrogen) atoms. The number of nitrogens with zero attached hydrogens (tertiary/aromatic N) is 1. The van der Waals surface area contributed by atoms with Crippen molar-refractivity contribution < 1.29 is 0 Å². The molecule has 0 fully saturated rings. The minimum absolute atomic E-state index is 0.618. The smallest absolute Gasteiger partial charge is 0.0346 e. The van der Waals surface area contributed by atoms with Crippen LogP contribution in [0.3, 0.4) is 0 Å². The lowest BCUT2D eigenvalue weighted by molar-refractivity contribution is 1.33. The molecule has 0 radical (unpaired) electrons. The molecule has 120 valence electrons. The van der Waals surface area contributed by atoms with Crippen molar-refractivity contribution in [2.45, 2.75) is 0 Å². The highest BCUT2D eigenvalue weighted by Gasteiger charge is 2.19. The molecule has 1 nitrogen and oxygen atoms in total. The molecule has 0 aliphatic rings. The fraction of sp³-hybridized carbons (Fsp3) is 0. The Labute approximate surface area is 149 Å². The van der Waals surface area contributed by atoms with Crippen LogP contribution >= 0.6 is 7.92 Å². The van der Waals surface area contributed by atoms with Gasteiger partial charge in [-0.15, -0.1) is 0 Å². The summed E-state index contributed by atoms with van der Waals surface area (Å²) in [6.07, 6.45) is 3.77. The Kier molecular flexibility index (Phi) is 4.68. The zero-order valence-electron chi connectivity index (χ0n) is 13.8. The minimum atomic E-state index is -0.618. The summed E-state index contributed by atoms with van der Waals surface area (Å²) in [5, 5.41) is 4.09. The van der Waals surface area contributed by atoms with Crippen molar-refractivity contribution in [3.05, 3.63) is 109 Å². The Balaban J connectivity index is 1.93. The number of hydrogen-bond donors (Lipinski definition) is 0. The molecule has 0 saturated carbocycles. The Morgan fingerprint density at radius 2 is 1.16 bits per heavy atom. The fourth-order valence-electron chi connectivity index (χ4n) is 3.02. The molecule has 0 aliphatic heterocycles. The number of aromatic nitrogens is 1. The zero-order valence-corrected chi connectivity index (χ0v) is 14.7. The van der Waals surface area contributed by atoms with Gasteiger partial charge in [-0.3, -0.25) is 4.98 Å². The first-order valence-electron chi connectivity index (χ1n) is 8.33. The summed E-state index contributed by atoms with van der Waals surface area (Å²) in [4.78, 5) is 4.31. The van der Waals surface area contributed by atoms with Crippen LogP contribution in [-0.4, -0.2) is 4.98 Å². The number of rotatable bonds is 4. The van der Waals surface area contributed by atoms with Crippen LogP contribution in [0.4, 0.5) is 0 Å². The molecule has 0 atom stereocenters. The summed E-state index contributed by atoms with van der Waals surface area (Å²) >= 11 is 0. The van der Waals surface area contributed by atoms with Gasteiger partial charge in [0.15, 0.2) is 0 Å². The van der Waals surface area contributed by atoms with Gasteiger partial charge in [0.2, 0.25) is 0 Å². The first-order chi connectivity index (χ1) is 12.4. The van der Waals surface area contributed by atoms with Crippen LogP contribution < -0.4 is 15.9 Å². The van der Waals surface area contributed by atoms with Crippen LogP contribution in [0.15, 0.2) is 109 Å². The summed E-state index contributed by atoms with van der Waals surface area (Å²) in [5.41, 5.74) is 2.42. The van der Waals surface area contributed by atoms with Crippen molar-refractivity contribution in [2.24, 2.45) is 0 Å². The Bertz CT molecular complexity index is 898. The summed E-state index contributed by atoms with van der Waals surface area (Å²) < 4.78 is 0. The van der Waals surface area contributed by atoms with E-state index in [-0.39, 0.29) is 0 Å². The van der Waals surface area contributed by atoms with Crippen molar-refractivity contribution in [2.75, 3.05) is 0 Å². The van der Waals surface area contributed by atoms with Gasteiger partial charge in [0.05, 0.1) is 0 Å². The third-order valence-corrected chi connectivity index (χ3v) is 6.65. The van der Waals surface area contributed by atoms with Crippen LogP contribution in [0.5, 0.6) is 0 Å². The first-order valence-corrected chi connectivity index (χ1v) is 9.67. The molecule has 0 aliphatic carbocycles. The molecule has 1 heterocycles. The maximum atomic E-state index is 4.31. The molecular formula is C23H18NP. The molecule has 0 N–H and O–H groups in total. The SMILES string of the molecule is c1ccc(P(c2ccccc2)c2ccccc2-c2cccnc2)cc1. The van der Waals surface area contributed by atoms with E-state index in [9.17, 15) is 0 Å². The molecule has 0 bridgehead atoms. The van der Waals surface area contributed by atoms with E-state index < -0.39 is 7.92 Å². The molecule has 0 spiro atoms. The molecule has 4 rings (SSSR count). The highest BCUT2D eigenvalue weighted by atomic mass is 31.1. The number of benzene rings is 3. The number of hydrogen-bond acceptors (Lipinski definition) is 1. The summed E-state index contributed by atoms with van der Waals surface area (Å²) in [5.74, 6) is 0. The van der Waals surface area contributed by atoms with E-state index in [1.165, 1.54) is 21.5 Å². The summed E-state index contributed by atoms with van der Waals surface area (Å²) in [6.45, 7) is 0. The topological polar surface area (TPSA) is 12.9 Å². The van der Waals surface area contributed by atoms with E-state index in [2.05, 4.69) is 96.0 Å². The highest BCUT2D eigenvalue weighted by Crippen LogP contribution is 2.36. The van der Waals surface area contributed by atoms with E-state index in [0.717, 1.165) is 5.56 Å². The lowest BCUT2D eigenvalue weighted by Crippen LogP contribution is -2.22. The van der Waals surface area contributed by atoms with Crippen molar-refractivity contribution in [3.8, 4) is 11.1 Å². The Hall–Kier alpha value is -2.76. The average molecular weight is 339 g/mol. The molecule has 4 aromatic rings. The molecule has 3 aromatic carbocycles. The molecule has 0 unspecified atom stereocenters. The molecule has 1 aromatic heterocycles. The lowest BCUT2D eigenvalue weighted by Gasteiger charge is -2.22.